The number of benzene rings is 1. The van der Waals surface area contributed by atoms with Gasteiger partial charge in [-0.15, -0.1) is 0 Å². The molecular weight excluding hydrogens is 261 g/mol. The number of nitrogen functional groups attached to an aromatic ring is 1. The monoisotopic (exact) mass is 277 g/mol. The van der Waals surface area contributed by atoms with Crippen molar-refractivity contribution >= 4 is 28.9 Å². The lowest BCUT2D eigenvalue weighted by atomic mass is 10.3. The van der Waals surface area contributed by atoms with E-state index in [2.05, 4.69) is 6.92 Å². The minimum Gasteiger partial charge on any atom is -0.488 e. The smallest absolute Gasteiger partial charge is 0.156 e. The number of rotatable bonds is 7. The Balaban J connectivity index is 2.36. The fraction of sp³-hybridized carbons (Fsp3) is 0.500. The van der Waals surface area contributed by atoms with E-state index in [0.717, 1.165) is 19.4 Å². The molecule has 2 N–H and O–H groups in total. The van der Waals surface area contributed by atoms with Gasteiger partial charge in [-0.25, -0.2) is 0 Å². The average Bonchev–Trinajstić information content (AvgIpc) is 2.26. The molecule has 0 unspecified atom stereocenters. The molecule has 0 atom stereocenters. The van der Waals surface area contributed by atoms with E-state index in [1.807, 2.05) is 0 Å². The van der Waals surface area contributed by atoms with Gasteiger partial charge in [-0.3, -0.25) is 0 Å². The van der Waals surface area contributed by atoms with Gasteiger partial charge >= 0.3 is 0 Å². The Bertz CT molecular complexity index is 335. The van der Waals surface area contributed by atoms with Crippen molar-refractivity contribution < 1.29 is 9.47 Å². The third-order valence-corrected chi connectivity index (χ3v) is 2.70. The van der Waals surface area contributed by atoms with Gasteiger partial charge in [0.05, 0.1) is 16.7 Å². The zero-order valence-corrected chi connectivity index (χ0v) is 11.4. The summed E-state index contributed by atoms with van der Waals surface area (Å²) in [6.45, 7) is 3.82. The predicted octanol–water partition coefficient (Wildman–Crippen LogP) is 3.77. The summed E-state index contributed by atoms with van der Waals surface area (Å²) in [7, 11) is 0. The third-order valence-electron chi connectivity index (χ3n) is 2.14. The predicted molar refractivity (Wildman–Crippen MR) is 72.1 cm³/mol. The van der Waals surface area contributed by atoms with Gasteiger partial charge in [0, 0.05) is 12.3 Å². The van der Waals surface area contributed by atoms with Crippen molar-refractivity contribution in [3.05, 3.63) is 22.2 Å². The Morgan fingerprint density at radius 1 is 1.12 bits per heavy atom. The molecule has 0 spiro atoms. The summed E-state index contributed by atoms with van der Waals surface area (Å²) >= 11 is 11.9. The molecule has 0 saturated carbocycles. The standard InChI is InChI=1S/C12H17Cl2NO2/c1-2-3-4-16-5-6-17-12-10(13)7-9(15)8-11(12)14/h7-8H,2-6,15H2,1H3. The van der Waals surface area contributed by atoms with E-state index in [1.54, 1.807) is 12.1 Å². The summed E-state index contributed by atoms with van der Waals surface area (Å²) in [5, 5.41) is 0.840. The average molecular weight is 278 g/mol. The molecule has 0 saturated heterocycles. The first kappa shape index (κ1) is 14.4. The lowest BCUT2D eigenvalue weighted by Crippen LogP contribution is -2.08. The number of halogens is 2. The second kappa shape index (κ2) is 7.64. The topological polar surface area (TPSA) is 44.5 Å². The summed E-state index contributed by atoms with van der Waals surface area (Å²) in [6, 6.07) is 3.22. The number of nitrogens with two attached hydrogens (primary N) is 1. The second-order valence-corrected chi connectivity index (χ2v) is 4.44. The molecular formula is C12H17Cl2NO2. The molecule has 0 aromatic heterocycles. The summed E-state index contributed by atoms with van der Waals surface area (Å²) in [5.74, 6) is 0.460. The first-order chi connectivity index (χ1) is 8.15. The number of hydrogen-bond acceptors (Lipinski definition) is 3. The van der Waals surface area contributed by atoms with Crippen molar-refractivity contribution in [1.82, 2.24) is 0 Å². The van der Waals surface area contributed by atoms with Crippen LogP contribution in [-0.2, 0) is 4.74 Å². The van der Waals surface area contributed by atoms with Crippen LogP contribution in [0.3, 0.4) is 0 Å². The van der Waals surface area contributed by atoms with Crippen molar-refractivity contribution in [3.8, 4) is 5.75 Å². The van der Waals surface area contributed by atoms with E-state index in [4.69, 9.17) is 38.4 Å². The van der Waals surface area contributed by atoms with Gasteiger partial charge < -0.3 is 15.2 Å². The Kier molecular flexibility index (Phi) is 6.48. The fourth-order valence-corrected chi connectivity index (χ4v) is 1.88. The Morgan fingerprint density at radius 3 is 2.35 bits per heavy atom. The third kappa shape index (κ3) is 5.02. The first-order valence-electron chi connectivity index (χ1n) is 5.60. The number of anilines is 1. The summed E-state index contributed by atoms with van der Waals surface area (Å²) in [6.07, 6.45) is 2.18. The van der Waals surface area contributed by atoms with Crippen LogP contribution in [0.25, 0.3) is 0 Å². The van der Waals surface area contributed by atoms with Gasteiger partial charge in [0.1, 0.15) is 6.61 Å². The molecule has 96 valence electrons. The summed E-state index contributed by atoms with van der Waals surface area (Å²) < 4.78 is 10.8. The SMILES string of the molecule is CCCCOCCOc1c(Cl)cc(N)cc1Cl. The summed E-state index contributed by atoms with van der Waals surface area (Å²) in [4.78, 5) is 0. The molecule has 0 fully saturated rings. The molecule has 0 aliphatic carbocycles. The van der Waals surface area contributed by atoms with Gasteiger partial charge in [0.15, 0.2) is 5.75 Å². The van der Waals surface area contributed by atoms with Crippen molar-refractivity contribution in [3.63, 3.8) is 0 Å². The molecule has 0 aliphatic rings. The van der Waals surface area contributed by atoms with E-state index in [1.165, 1.54) is 0 Å². The van der Waals surface area contributed by atoms with Crippen LogP contribution in [0, 0.1) is 0 Å². The van der Waals surface area contributed by atoms with Crippen molar-refractivity contribution in [2.24, 2.45) is 0 Å². The van der Waals surface area contributed by atoms with Crippen molar-refractivity contribution in [2.75, 3.05) is 25.6 Å². The van der Waals surface area contributed by atoms with E-state index in [0.29, 0.717) is 34.7 Å². The highest BCUT2D eigenvalue weighted by Gasteiger charge is 2.08. The minimum absolute atomic E-state index is 0.420. The van der Waals surface area contributed by atoms with Crippen molar-refractivity contribution in [1.29, 1.82) is 0 Å². The molecule has 0 heterocycles. The maximum Gasteiger partial charge on any atom is 0.156 e. The van der Waals surface area contributed by atoms with Gasteiger partial charge in [-0.05, 0) is 18.6 Å². The minimum atomic E-state index is 0.420. The van der Waals surface area contributed by atoms with Crippen LogP contribution < -0.4 is 10.5 Å². The molecule has 1 aromatic rings. The molecule has 0 radical (unpaired) electrons. The highest BCUT2D eigenvalue weighted by atomic mass is 35.5. The van der Waals surface area contributed by atoms with E-state index < -0.39 is 0 Å². The van der Waals surface area contributed by atoms with Crippen LogP contribution in [0.2, 0.25) is 10.0 Å². The Labute approximate surface area is 112 Å². The molecule has 17 heavy (non-hydrogen) atoms. The summed E-state index contributed by atoms with van der Waals surface area (Å²) in [5.41, 5.74) is 6.11. The van der Waals surface area contributed by atoms with Crippen LogP contribution in [-0.4, -0.2) is 19.8 Å². The van der Waals surface area contributed by atoms with Gasteiger partial charge in [0.2, 0.25) is 0 Å². The van der Waals surface area contributed by atoms with E-state index in [9.17, 15) is 0 Å². The van der Waals surface area contributed by atoms with Crippen molar-refractivity contribution in [2.45, 2.75) is 19.8 Å². The lowest BCUT2D eigenvalue weighted by molar-refractivity contribution is 0.0981. The first-order valence-corrected chi connectivity index (χ1v) is 6.35. The molecule has 3 nitrogen and oxygen atoms in total. The highest BCUT2D eigenvalue weighted by molar-refractivity contribution is 6.37. The maximum atomic E-state index is 5.97. The van der Waals surface area contributed by atoms with Gasteiger partial charge in [0.25, 0.3) is 0 Å². The van der Waals surface area contributed by atoms with Crippen LogP contribution in [0.5, 0.6) is 5.75 Å². The molecule has 5 heteroatoms. The van der Waals surface area contributed by atoms with E-state index in [-0.39, 0.29) is 0 Å². The quantitative estimate of drug-likeness (QED) is 0.610. The number of unbranched alkanes of at least 4 members (excludes halogenated alkanes) is 1. The highest BCUT2D eigenvalue weighted by Crippen LogP contribution is 2.34. The lowest BCUT2D eigenvalue weighted by Gasteiger charge is -2.10. The zero-order chi connectivity index (χ0) is 12.7. The number of hydrogen-bond donors (Lipinski definition) is 1. The van der Waals surface area contributed by atoms with Crippen LogP contribution >= 0.6 is 23.2 Å². The van der Waals surface area contributed by atoms with Gasteiger partial charge in [-0.1, -0.05) is 36.5 Å². The number of ether oxygens (including phenoxy) is 2. The van der Waals surface area contributed by atoms with Crippen LogP contribution in [0.4, 0.5) is 5.69 Å². The molecule has 1 aromatic carbocycles. The normalized spacial score (nSPS) is 10.5. The Morgan fingerprint density at radius 2 is 1.76 bits per heavy atom. The zero-order valence-electron chi connectivity index (χ0n) is 9.84. The molecule has 0 aliphatic heterocycles. The van der Waals surface area contributed by atoms with Crippen LogP contribution in [0.1, 0.15) is 19.8 Å². The van der Waals surface area contributed by atoms with Crippen LogP contribution in [0.15, 0.2) is 12.1 Å². The molecule has 1 rings (SSSR count). The molecule has 0 amide bonds. The van der Waals surface area contributed by atoms with Gasteiger partial charge in [-0.2, -0.15) is 0 Å². The fourth-order valence-electron chi connectivity index (χ4n) is 1.27. The second-order valence-electron chi connectivity index (χ2n) is 3.63. The Hall–Kier alpha value is -0.640. The largest absolute Gasteiger partial charge is 0.488 e. The maximum absolute atomic E-state index is 5.97. The molecule has 0 bridgehead atoms. The van der Waals surface area contributed by atoms with E-state index >= 15 is 0 Å².